The highest BCUT2D eigenvalue weighted by Crippen LogP contribution is 2.50. The van der Waals surface area contributed by atoms with Crippen LogP contribution in [0, 0.1) is 5.41 Å². The Morgan fingerprint density at radius 1 is 1.23 bits per heavy atom. The number of rotatable bonds is 1. The molecule has 5 nitrogen and oxygen atoms in total. The third-order valence-corrected chi connectivity index (χ3v) is 5.52. The van der Waals surface area contributed by atoms with Gasteiger partial charge in [0.1, 0.15) is 0 Å². The highest BCUT2D eigenvalue weighted by atomic mass is 35.5. The van der Waals surface area contributed by atoms with Gasteiger partial charge in [-0.2, -0.15) is 0 Å². The fourth-order valence-corrected chi connectivity index (χ4v) is 4.35. The number of benzene rings is 1. The predicted molar refractivity (Wildman–Crippen MR) is 103 cm³/mol. The highest BCUT2D eigenvalue weighted by Gasteiger charge is 2.54. The Hall–Kier alpha value is -2.40. The van der Waals surface area contributed by atoms with E-state index in [1.807, 2.05) is 18.2 Å². The fourth-order valence-electron chi connectivity index (χ4n) is 4.19. The van der Waals surface area contributed by atoms with Crippen LogP contribution in [0.4, 0.5) is 0 Å². The molecule has 26 heavy (non-hydrogen) atoms. The summed E-state index contributed by atoms with van der Waals surface area (Å²) in [6, 6.07) is 9.70. The Kier molecular flexibility index (Phi) is 3.63. The van der Waals surface area contributed by atoms with Crippen molar-refractivity contribution in [1.82, 2.24) is 9.88 Å². The molecule has 1 amide bonds. The number of hydrogen-bond donors (Lipinski definition) is 1. The standard InChI is InChI=1S/C20H21ClN4O/c1-19(2)10-13-5-4-12(16-9-14(21)6-7-23-16)8-15(13)20(11-19)17(26)25(3)18(22)24-20/h4-9H,10-11H2,1-3H3,(H2,22,24). The second kappa shape index (κ2) is 5.55. The van der Waals surface area contributed by atoms with Gasteiger partial charge in [0, 0.05) is 23.8 Å². The first-order valence-corrected chi connectivity index (χ1v) is 8.98. The monoisotopic (exact) mass is 368 g/mol. The van der Waals surface area contributed by atoms with Crippen molar-refractivity contribution in [2.24, 2.45) is 16.1 Å². The van der Waals surface area contributed by atoms with Crippen LogP contribution in [0.2, 0.25) is 5.02 Å². The molecule has 1 atom stereocenters. The van der Waals surface area contributed by atoms with Crippen LogP contribution in [0.3, 0.4) is 0 Å². The van der Waals surface area contributed by atoms with Gasteiger partial charge in [-0.1, -0.05) is 37.6 Å². The van der Waals surface area contributed by atoms with Crippen LogP contribution in [0.5, 0.6) is 0 Å². The highest BCUT2D eigenvalue weighted by molar-refractivity contribution is 6.30. The van der Waals surface area contributed by atoms with Gasteiger partial charge in [0.15, 0.2) is 11.5 Å². The topological polar surface area (TPSA) is 71.6 Å². The average Bonchev–Trinajstić information content (AvgIpc) is 2.78. The lowest BCUT2D eigenvalue weighted by Crippen LogP contribution is -2.46. The first-order chi connectivity index (χ1) is 12.2. The van der Waals surface area contributed by atoms with E-state index >= 15 is 0 Å². The number of amides is 1. The molecule has 6 heteroatoms. The summed E-state index contributed by atoms with van der Waals surface area (Å²) in [4.78, 5) is 23.7. The maximum Gasteiger partial charge on any atom is 0.261 e. The SMILES string of the molecule is CN1C(=O)C2(CC(C)(C)Cc3ccc(-c4cc(Cl)ccn4)cc32)N=C1N. The van der Waals surface area contributed by atoms with Crippen molar-refractivity contribution >= 4 is 23.5 Å². The van der Waals surface area contributed by atoms with E-state index in [1.54, 1.807) is 19.3 Å². The molecule has 1 aromatic heterocycles. The minimum absolute atomic E-state index is 0.0482. The van der Waals surface area contributed by atoms with Crippen molar-refractivity contribution in [1.29, 1.82) is 0 Å². The molecule has 1 aromatic carbocycles. The summed E-state index contributed by atoms with van der Waals surface area (Å²) in [5.74, 6) is 0.199. The van der Waals surface area contributed by atoms with Crippen LogP contribution in [-0.4, -0.2) is 28.8 Å². The van der Waals surface area contributed by atoms with Crippen molar-refractivity contribution < 1.29 is 4.79 Å². The second-order valence-electron chi connectivity index (χ2n) is 7.94. The normalized spacial score (nSPS) is 23.9. The van der Waals surface area contributed by atoms with Crippen molar-refractivity contribution in [3.63, 3.8) is 0 Å². The van der Waals surface area contributed by atoms with Crippen molar-refractivity contribution in [3.05, 3.63) is 52.7 Å². The number of nitrogens with zero attached hydrogens (tertiary/aromatic N) is 3. The van der Waals surface area contributed by atoms with Crippen LogP contribution in [0.25, 0.3) is 11.3 Å². The first kappa shape index (κ1) is 17.0. The number of aromatic nitrogens is 1. The second-order valence-corrected chi connectivity index (χ2v) is 8.38. The Morgan fingerprint density at radius 2 is 2.00 bits per heavy atom. The van der Waals surface area contributed by atoms with E-state index < -0.39 is 5.54 Å². The number of guanidine groups is 1. The van der Waals surface area contributed by atoms with Gasteiger partial charge in [0.05, 0.1) is 5.69 Å². The molecule has 0 saturated heterocycles. The van der Waals surface area contributed by atoms with Crippen LogP contribution < -0.4 is 5.73 Å². The number of halogens is 1. The number of carbonyl (C=O) groups is 1. The lowest BCUT2D eigenvalue weighted by molar-refractivity contribution is -0.132. The molecular formula is C20H21ClN4O. The van der Waals surface area contributed by atoms with Gasteiger partial charge in [-0.3, -0.25) is 14.7 Å². The molecule has 2 N–H and O–H groups in total. The smallest absolute Gasteiger partial charge is 0.261 e. The third-order valence-electron chi connectivity index (χ3n) is 5.28. The number of aliphatic imine (C=N–C) groups is 1. The van der Waals surface area contributed by atoms with Gasteiger partial charge in [0.2, 0.25) is 0 Å². The maximum atomic E-state index is 13.1. The van der Waals surface area contributed by atoms with Gasteiger partial charge in [-0.15, -0.1) is 0 Å². The largest absolute Gasteiger partial charge is 0.369 e. The number of hydrogen-bond acceptors (Lipinski definition) is 4. The van der Waals surface area contributed by atoms with E-state index in [1.165, 1.54) is 4.90 Å². The Balaban J connectivity index is 1.93. The molecule has 0 radical (unpaired) electrons. The summed E-state index contributed by atoms with van der Waals surface area (Å²) in [5.41, 5.74) is 8.76. The molecule has 0 bridgehead atoms. The van der Waals surface area contributed by atoms with Gasteiger partial charge in [-0.05, 0) is 47.6 Å². The number of fused-ring (bicyclic) bond motifs is 2. The Labute approximate surface area is 157 Å². The van der Waals surface area contributed by atoms with Crippen LogP contribution in [-0.2, 0) is 16.8 Å². The van der Waals surface area contributed by atoms with E-state index in [0.717, 1.165) is 28.8 Å². The minimum Gasteiger partial charge on any atom is -0.369 e. The van der Waals surface area contributed by atoms with E-state index in [-0.39, 0.29) is 17.3 Å². The number of likely N-dealkylation sites (N-methyl/N-ethyl adjacent to an activating group) is 1. The lowest BCUT2D eigenvalue weighted by Gasteiger charge is -2.41. The summed E-state index contributed by atoms with van der Waals surface area (Å²) in [6.07, 6.45) is 3.20. The van der Waals surface area contributed by atoms with E-state index in [4.69, 9.17) is 17.3 Å². The molecule has 0 saturated carbocycles. The summed E-state index contributed by atoms with van der Waals surface area (Å²) in [6.45, 7) is 4.34. The molecule has 1 aliphatic carbocycles. The molecule has 2 aliphatic rings. The summed E-state index contributed by atoms with van der Waals surface area (Å²) >= 11 is 6.12. The maximum absolute atomic E-state index is 13.1. The van der Waals surface area contributed by atoms with Gasteiger partial charge < -0.3 is 5.73 Å². The lowest BCUT2D eigenvalue weighted by atomic mass is 9.65. The molecule has 1 spiro atoms. The zero-order chi connectivity index (χ0) is 18.7. The number of nitrogens with two attached hydrogens (primary N) is 1. The third kappa shape index (κ3) is 2.50. The van der Waals surface area contributed by atoms with Gasteiger partial charge >= 0.3 is 0 Å². The molecule has 2 heterocycles. The fraction of sp³-hybridized carbons (Fsp3) is 0.350. The Morgan fingerprint density at radius 3 is 2.65 bits per heavy atom. The average molecular weight is 369 g/mol. The van der Waals surface area contributed by atoms with Crippen LogP contribution in [0.15, 0.2) is 41.5 Å². The van der Waals surface area contributed by atoms with Crippen molar-refractivity contribution in [2.45, 2.75) is 32.2 Å². The summed E-state index contributed by atoms with van der Waals surface area (Å²) in [7, 11) is 1.68. The molecule has 134 valence electrons. The zero-order valence-electron chi connectivity index (χ0n) is 15.1. The van der Waals surface area contributed by atoms with E-state index in [2.05, 4.69) is 29.9 Å². The summed E-state index contributed by atoms with van der Waals surface area (Å²) < 4.78 is 0. The van der Waals surface area contributed by atoms with Gasteiger partial charge in [-0.25, -0.2) is 4.99 Å². The van der Waals surface area contributed by atoms with Crippen LogP contribution >= 0.6 is 11.6 Å². The molecule has 1 unspecified atom stereocenters. The van der Waals surface area contributed by atoms with Crippen molar-refractivity contribution in [3.8, 4) is 11.3 Å². The molecular weight excluding hydrogens is 348 g/mol. The molecule has 1 aliphatic heterocycles. The summed E-state index contributed by atoms with van der Waals surface area (Å²) in [5, 5.41) is 0.627. The quantitative estimate of drug-likeness (QED) is 0.838. The first-order valence-electron chi connectivity index (χ1n) is 8.61. The number of carbonyl (C=O) groups excluding carboxylic acids is 1. The Bertz CT molecular complexity index is 953. The van der Waals surface area contributed by atoms with Crippen LogP contribution in [0.1, 0.15) is 31.4 Å². The number of pyridine rings is 1. The van der Waals surface area contributed by atoms with E-state index in [9.17, 15) is 4.79 Å². The van der Waals surface area contributed by atoms with E-state index in [0.29, 0.717) is 11.4 Å². The molecule has 0 fully saturated rings. The predicted octanol–water partition coefficient (Wildman–Crippen LogP) is 3.36. The molecule has 2 aromatic rings. The van der Waals surface area contributed by atoms with Crippen molar-refractivity contribution in [2.75, 3.05) is 7.05 Å². The zero-order valence-corrected chi connectivity index (χ0v) is 15.8. The minimum atomic E-state index is -0.954. The molecule has 4 rings (SSSR count). The van der Waals surface area contributed by atoms with Gasteiger partial charge in [0.25, 0.3) is 5.91 Å².